The van der Waals surface area contributed by atoms with E-state index >= 15 is 0 Å². The molecule has 0 spiro atoms. The van der Waals surface area contributed by atoms with Gasteiger partial charge in [-0.3, -0.25) is 0 Å². The number of rotatable bonds is 6. The molecule has 8 aromatic heterocycles. The number of hydrogen-bond acceptors (Lipinski definition) is 8. The van der Waals surface area contributed by atoms with Gasteiger partial charge in [-0.05, 0) is 98.5 Å². The normalized spacial score (nSPS) is 11.6. The van der Waals surface area contributed by atoms with Crippen molar-refractivity contribution in [1.29, 1.82) is 0 Å². The van der Waals surface area contributed by atoms with Crippen molar-refractivity contribution in [3.05, 3.63) is 191 Å². The first-order valence-corrected chi connectivity index (χ1v) is 25.6. The molecule has 0 radical (unpaired) electrons. The number of benzene rings is 4. The van der Waals surface area contributed by atoms with Gasteiger partial charge in [-0.1, -0.05) is 100 Å². The van der Waals surface area contributed by atoms with E-state index in [2.05, 4.69) is 178 Å². The van der Waals surface area contributed by atoms with Gasteiger partial charge in [-0.25, -0.2) is 19.9 Å². The summed E-state index contributed by atoms with van der Waals surface area (Å²) >= 11 is 0. The molecule has 0 bridgehead atoms. The summed E-state index contributed by atoms with van der Waals surface area (Å²) in [5.41, 5.74) is 20.9. The molecule has 0 aliphatic rings. The molecule has 0 unspecified atom stereocenters. The van der Waals surface area contributed by atoms with Crippen LogP contribution in [-0.4, -0.2) is 19.9 Å². The first-order chi connectivity index (χ1) is 36.8. The Morgan fingerprint density at radius 1 is 0.342 bits per heavy atom. The fraction of sp³-hybridized carbons (Fsp3) is 0.250. The van der Waals surface area contributed by atoms with Crippen LogP contribution in [0.2, 0.25) is 0 Å². The minimum atomic E-state index is -0.838. The maximum Gasteiger partial charge on any atom is 0.401 e. The summed E-state index contributed by atoms with van der Waals surface area (Å²) in [5, 5.41) is 0. The monoisotopic (exact) mass is 1010 g/mol. The van der Waals surface area contributed by atoms with E-state index in [-0.39, 0.29) is 0 Å². The molecule has 4 aromatic carbocycles. The Morgan fingerprint density at radius 3 is 0.895 bits per heavy atom. The summed E-state index contributed by atoms with van der Waals surface area (Å²) in [7, 11) is 8.01. The summed E-state index contributed by atoms with van der Waals surface area (Å²) in [4.78, 5) is 17.7. The largest absolute Gasteiger partial charge is 0.401 e. The number of pyridine rings is 4. The number of fused-ring (bicyclic) bond motifs is 4. The summed E-state index contributed by atoms with van der Waals surface area (Å²) < 4.78 is 39.3. The molecule has 12 aromatic rings. The van der Waals surface area contributed by atoms with Crippen molar-refractivity contribution in [2.24, 2.45) is 28.2 Å². The lowest BCUT2D eigenvalue weighted by atomic mass is 10.1. The van der Waals surface area contributed by atoms with Crippen LogP contribution in [0.3, 0.4) is 0 Å². The van der Waals surface area contributed by atoms with E-state index in [1.165, 1.54) is 44.5 Å². The van der Waals surface area contributed by atoms with Crippen molar-refractivity contribution in [1.82, 2.24) is 19.9 Å². The molecular weight excluding hydrogens is 945 g/mol. The van der Waals surface area contributed by atoms with Crippen LogP contribution in [0.1, 0.15) is 86.7 Å². The quantitative estimate of drug-likeness (QED) is 0.151. The van der Waals surface area contributed by atoms with Crippen molar-refractivity contribution >= 4 is 44.9 Å². The zero-order valence-electron chi connectivity index (χ0n) is 47.1. The van der Waals surface area contributed by atoms with E-state index in [0.29, 0.717) is 29.3 Å². The average molecular weight is 1010 g/mol. The summed E-state index contributed by atoms with van der Waals surface area (Å²) in [5.74, 6) is 2.08. The van der Waals surface area contributed by atoms with Crippen LogP contribution in [0.25, 0.3) is 90.0 Å². The predicted octanol–water partition coefficient (Wildman–Crippen LogP) is 13.4. The lowest BCUT2D eigenvalue weighted by molar-refractivity contribution is -0.640. The summed E-state index contributed by atoms with van der Waals surface area (Å²) in [6.07, 6.45) is 0. The molecule has 0 N–H and O–H groups in total. The van der Waals surface area contributed by atoms with Crippen molar-refractivity contribution in [3.8, 4) is 45.0 Å². The highest BCUT2D eigenvalue weighted by molar-refractivity contribution is 5.73. The van der Waals surface area contributed by atoms with Gasteiger partial charge in [-0.15, -0.1) is 0 Å². The second-order valence-corrected chi connectivity index (χ2v) is 19.8. The number of nitrogens with zero attached hydrogens (tertiary/aromatic N) is 8. The first-order valence-electron chi connectivity index (χ1n) is 26.1. The number of aromatic nitrogens is 8. The molecule has 0 aliphatic heterocycles. The smallest absolute Gasteiger partial charge is 0.389 e. The van der Waals surface area contributed by atoms with Gasteiger partial charge in [0.1, 0.15) is 28.2 Å². The van der Waals surface area contributed by atoms with Crippen LogP contribution in [0.15, 0.2) is 163 Å². The van der Waals surface area contributed by atoms with Gasteiger partial charge in [0, 0.05) is 73.5 Å². The molecule has 0 atom stereocenters. The molecule has 12 heteroatoms. The number of aryl methyl sites for hydroxylation is 10. The highest BCUT2D eigenvalue weighted by Gasteiger charge is 2.25. The molecule has 8 heterocycles. The third-order valence-corrected chi connectivity index (χ3v) is 13.6. The van der Waals surface area contributed by atoms with E-state index in [9.17, 15) is 0 Å². The second-order valence-electron chi connectivity index (χ2n) is 19.8. The fourth-order valence-electron chi connectivity index (χ4n) is 9.42. The van der Waals surface area contributed by atoms with Crippen molar-refractivity contribution in [2.45, 2.75) is 81.0 Å². The van der Waals surface area contributed by atoms with E-state index in [1.807, 2.05) is 89.1 Å². The summed E-state index contributed by atoms with van der Waals surface area (Å²) in [6, 6.07) is 49.7. The minimum Gasteiger partial charge on any atom is -0.389 e. The Balaban J connectivity index is 0.000000125. The molecule has 0 saturated carbocycles. The Morgan fingerprint density at radius 2 is 0.605 bits per heavy atom. The van der Waals surface area contributed by atoms with Crippen LogP contribution >= 0.6 is 0 Å². The van der Waals surface area contributed by atoms with Crippen LogP contribution in [0.4, 0.5) is 0 Å². The van der Waals surface area contributed by atoms with E-state index in [1.54, 1.807) is 13.8 Å². The van der Waals surface area contributed by atoms with E-state index in [0.717, 1.165) is 67.9 Å². The van der Waals surface area contributed by atoms with Gasteiger partial charge < -0.3 is 17.7 Å². The zero-order chi connectivity index (χ0) is 54.9. The van der Waals surface area contributed by atoms with Gasteiger partial charge in [0.2, 0.25) is 34.6 Å². The SMILES string of the molecule is Cc1ccccc1-c1ccc2nc(C(C)C)oc2[n+]1C.Cc1nc2ccc(-c3ccccc3C)[n+](C)c2o1.Cc1nc2ccc(-c3ccccc3C)[n+](C)c2o1.[2H]C(C)(C)c1nc2ccc(-c3ccccc3C)[n+](C)c2o1. The van der Waals surface area contributed by atoms with Crippen molar-refractivity contribution in [2.75, 3.05) is 0 Å². The zero-order valence-corrected chi connectivity index (χ0v) is 46.1. The molecule has 0 amide bonds. The van der Waals surface area contributed by atoms with Gasteiger partial charge >= 0.3 is 22.9 Å². The minimum absolute atomic E-state index is 0.296. The molecule has 0 fully saturated rings. The summed E-state index contributed by atoms with van der Waals surface area (Å²) in [6.45, 7) is 19.9. The second kappa shape index (κ2) is 22.1. The fourth-order valence-corrected chi connectivity index (χ4v) is 9.42. The van der Waals surface area contributed by atoms with Crippen LogP contribution in [0.5, 0.6) is 0 Å². The average Bonchev–Trinajstić information content (AvgIpc) is 4.28. The van der Waals surface area contributed by atoms with Gasteiger partial charge in [0.05, 0.1) is 0 Å². The van der Waals surface area contributed by atoms with Gasteiger partial charge in [0.25, 0.3) is 0 Å². The third-order valence-electron chi connectivity index (χ3n) is 13.6. The molecule has 12 rings (SSSR count). The Labute approximate surface area is 446 Å². The van der Waals surface area contributed by atoms with E-state index in [4.69, 9.17) is 19.0 Å². The van der Waals surface area contributed by atoms with Crippen molar-refractivity contribution < 1.29 is 37.3 Å². The standard InChI is InChI=1S/2C17H19N2O.2C15H15N2O/c2*1-11(2)16-18-14-9-10-15(19(4)17(14)20-16)13-8-6-5-7-12(13)3;2*1-10-6-4-5-7-12(10)14-9-8-13-15(17(14)3)18-11(2)16-13/h2*5-11H,1-4H3;2*4-9H,1-3H3/q4*+1/i11D;;;. The Hall–Kier alpha value is -8.64. The first kappa shape index (κ1) is 50.9. The van der Waals surface area contributed by atoms with E-state index < -0.39 is 5.89 Å². The number of oxazole rings is 4. The van der Waals surface area contributed by atoms with Crippen LogP contribution < -0.4 is 18.3 Å². The van der Waals surface area contributed by atoms with Crippen molar-refractivity contribution in [3.63, 3.8) is 0 Å². The molecule has 0 aliphatic carbocycles. The van der Waals surface area contributed by atoms with Gasteiger partial charge in [-0.2, -0.15) is 18.3 Å². The highest BCUT2D eigenvalue weighted by atomic mass is 16.4. The Bertz CT molecular complexity index is 3970. The molecule has 12 nitrogen and oxygen atoms in total. The molecule has 76 heavy (non-hydrogen) atoms. The maximum atomic E-state index is 8.06. The maximum absolute atomic E-state index is 8.06. The Kier molecular flexibility index (Phi) is 14.8. The van der Waals surface area contributed by atoms with Crippen LogP contribution in [0, 0.1) is 41.5 Å². The molecule has 384 valence electrons. The van der Waals surface area contributed by atoms with Crippen LogP contribution in [-0.2, 0) is 28.2 Å². The third kappa shape index (κ3) is 10.7. The molecular formula is C64H68N8O4+4. The predicted molar refractivity (Wildman–Crippen MR) is 299 cm³/mol. The number of hydrogen-bond donors (Lipinski definition) is 0. The highest BCUT2D eigenvalue weighted by Crippen LogP contribution is 2.28. The van der Waals surface area contributed by atoms with Gasteiger partial charge in [0.15, 0.2) is 33.8 Å². The molecule has 0 saturated heterocycles. The topological polar surface area (TPSA) is 120 Å². The lowest BCUT2D eigenvalue weighted by Gasteiger charge is -2.03. The lowest BCUT2D eigenvalue weighted by Crippen LogP contribution is -2.31.